The van der Waals surface area contributed by atoms with Crippen molar-refractivity contribution in [3.8, 4) is 0 Å². The minimum absolute atomic E-state index is 0.178. The van der Waals surface area contributed by atoms with E-state index in [4.69, 9.17) is 0 Å². The van der Waals surface area contributed by atoms with Gasteiger partial charge in [-0.05, 0) is 6.42 Å². The molecule has 2 aliphatic rings. The second-order valence-corrected chi connectivity index (χ2v) is 2.47. The zero-order chi connectivity index (χ0) is 6.97. The second kappa shape index (κ2) is 2.07. The maximum atomic E-state index is 9.25. The number of aliphatic hydroxyl groups is 1. The first-order valence-corrected chi connectivity index (χ1v) is 3.29. The molecular weight excluding hydrogens is 130 g/mol. The third kappa shape index (κ3) is 0.732. The van der Waals surface area contributed by atoms with E-state index in [-0.39, 0.29) is 5.92 Å². The lowest BCUT2D eigenvalue weighted by molar-refractivity contribution is 0.117. The molecule has 0 radical (unpaired) electrons. The summed E-state index contributed by atoms with van der Waals surface area (Å²) in [7, 11) is 0. The normalized spacial score (nSPS) is 36.7. The van der Waals surface area contributed by atoms with Gasteiger partial charge in [0.25, 0.3) is 0 Å². The van der Waals surface area contributed by atoms with Gasteiger partial charge in [-0.1, -0.05) is 0 Å². The monoisotopic (exact) mass is 139 g/mol. The predicted molar refractivity (Wildman–Crippen MR) is 37.0 cm³/mol. The van der Waals surface area contributed by atoms with Gasteiger partial charge in [0.2, 0.25) is 0 Å². The van der Waals surface area contributed by atoms with Crippen LogP contribution in [0.15, 0.2) is 16.9 Å². The quantitative estimate of drug-likeness (QED) is 0.418. The molecule has 2 rings (SSSR count). The lowest BCUT2D eigenvalue weighted by Gasteiger charge is -2.11. The van der Waals surface area contributed by atoms with Crippen molar-refractivity contribution in [2.75, 3.05) is 0 Å². The summed E-state index contributed by atoms with van der Waals surface area (Å²) in [6, 6.07) is 0. The second-order valence-electron chi connectivity index (χ2n) is 2.47. The van der Waals surface area contributed by atoms with Crippen molar-refractivity contribution in [3.63, 3.8) is 0 Å². The molecule has 2 atom stereocenters. The number of fused-ring (bicyclic) bond motifs is 1. The highest BCUT2D eigenvalue weighted by molar-refractivity contribution is 5.61. The molecule has 1 fully saturated rings. The third-order valence-electron chi connectivity index (χ3n) is 1.82. The maximum absolute atomic E-state index is 9.25. The Labute approximate surface area is 58.6 Å². The summed E-state index contributed by atoms with van der Waals surface area (Å²) in [6.07, 6.45) is 3.90. The van der Waals surface area contributed by atoms with Crippen molar-refractivity contribution in [1.82, 2.24) is 10.9 Å². The fourth-order valence-electron chi connectivity index (χ4n) is 1.21. The van der Waals surface area contributed by atoms with E-state index in [0.29, 0.717) is 0 Å². The van der Waals surface area contributed by atoms with Crippen molar-refractivity contribution in [3.05, 3.63) is 11.9 Å². The van der Waals surface area contributed by atoms with Crippen LogP contribution >= 0.6 is 0 Å². The summed E-state index contributed by atoms with van der Waals surface area (Å²) < 4.78 is 0. The summed E-state index contributed by atoms with van der Waals surface area (Å²) in [5, 5.41) is 9.25. The minimum atomic E-state index is -0.460. The molecule has 2 unspecified atom stereocenters. The summed E-state index contributed by atoms with van der Waals surface area (Å²) in [6.45, 7) is 0. The molecule has 4 heteroatoms. The first-order valence-electron chi connectivity index (χ1n) is 3.29. The van der Waals surface area contributed by atoms with Gasteiger partial charge in [-0.3, -0.25) is 4.99 Å². The molecular formula is C6H9N3O. The molecule has 4 nitrogen and oxygen atoms in total. The number of hydrazine groups is 1. The van der Waals surface area contributed by atoms with E-state index in [1.54, 1.807) is 6.20 Å². The SMILES string of the molecule is OC1NNC2=CN=CCC21. The van der Waals surface area contributed by atoms with E-state index >= 15 is 0 Å². The first kappa shape index (κ1) is 5.88. The van der Waals surface area contributed by atoms with Gasteiger partial charge in [0.15, 0.2) is 0 Å². The number of hydrogen-bond donors (Lipinski definition) is 3. The van der Waals surface area contributed by atoms with E-state index < -0.39 is 6.23 Å². The molecule has 0 aliphatic carbocycles. The number of nitrogens with zero attached hydrogens (tertiary/aromatic N) is 1. The Morgan fingerprint density at radius 3 is 3.40 bits per heavy atom. The highest BCUT2D eigenvalue weighted by Crippen LogP contribution is 2.21. The van der Waals surface area contributed by atoms with Crippen molar-refractivity contribution in [1.29, 1.82) is 0 Å². The van der Waals surface area contributed by atoms with Gasteiger partial charge in [-0.15, -0.1) is 0 Å². The number of aliphatic hydroxyl groups excluding tert-OH is 1. The molecule has 0 saturated carbocycles. The Bertz CT molecular complexity index is 199. The molecule has 2 aliphatic heterocycles. The molecule has 3 N–H and O–H groups in total. The van der Waals surface area contributed by atoms with Crippen LogP contribution in [0.2, 0.25) is 0 Å². The van der Waals surface area contributed by atoms with Crippen LogP contribution in [-0.4, -0.2) is 17.5 Å². The van der Waals surface area contributed by atoms with Crippen LogP contribution in [-0.2, 0) is 0 Å². The van der Waals surface area contributed by atoms with Crippen LogP contribution in [0.3, 0.4) is 0 Å². The standard InChI is InChI=1S/C6H9N3O/c10-6-4-1-2-7-3-5(4)8-9-6/h2-4,6,8-10H,1H2. The highest BCUT2D eigenvalue weighted by atomic mass is 16.3. The van der Waals surface area contributed by atoms with Gasteiger partial charge in [-0.2, -0.15) is 0 Å². The van der Waals surface area contributed by atoms with Gasteiger partial charge >= 0.3 is 0 Å². The number of aliphatic imine (C=N–C) groups is 1. The number of hydrogen-bond acceptors (Lipinski definition) is 4. The Hall–Kier alpha value is -0.870. The zero-order valence-electron chi connectivity index (χ0n) is 5.41. The maximum Gasteiger partial charge on any atom is 0.130 e. The minimum Gasteiger partial charge on any atom is -0.376 e. The molecule has 0 amide bonds. The lowest BCUT2D eigenvalue weighted by atomic mass is 10.0. The zero-order valence-corrected chi connectivity index (χ0v) is 5.41. The Morgan fingerprint density at radius 2 is 2.60 bits per heavy atom. The number of nitrogens with one attached hydrogen (secondary N) is 2. The van der Waals surface area contributed by atoms with Crippen molar-refractivity contribution >= 4 is 6.21 Å². The first-order chi connectivity index (χ1) is 4.88. The highest BCUT2D eigenvalue weighted by Gasteiger charge is 2.29. The summed E-state index contributed by atoms with van der Waals surface area (Å²) in [4.78, 5) is 3.95. The Kier molecular flexibility index (Phi) is 1.22. The average Bonchev–Trinajstić information content (AvgIpc) is 2.34. The molecule has 1 saturated heterocycles. The average molecular weight is 139 g/mol. The van der Waals surface area contributed by atoms with Crippen LogP contribution in [0, 0.1) is 5.92 Å². The van der Waals surface area contributed by atoms with E-state index in [1.807, 2.05) is 6.21 Å². The lowest BCUT2D eigenvalue weighted by Crippen LogP contribution is -2.30. The largest absolute Gasteiger partial charge is 0.376 e. The van der Waals surface area contributed by atoms with E-state index in [9.17, 15) is 5.11 Å². The summed E-state index contributed by atoms with van der Waals surface area (Å²) >= 11 is 0. The molecule has 54 valence electrons. The van der Waals surface area contributed by atoms with Crippen molar-refractivity contribution in [2.24, 2.45) is 10.9 Å². The molecule has 0 spiro atoms. The van der Waals surface area contributed by atoms with Gasteiger partial charge in [0, 0.05) is 18.3 Å². The van der Waals surface area contributed by atoms with E-state index in [1.165, 1.54) is 0 Å². The molecule has 0 aromatic heterocycles. The van der Waals surface area contributed by atoms with Crippen LogP contribution in [0.1, 0.15) is 6.42 Å². The summed E-state index contributed by atoms with van der Waals surface area (Å²) in [5.41, 5.74) is 6.56. The topological polar surface area (TPSA) is 56.6 Å². The number of rotatable bonds is 0. The van der Waals surface area contributed by atoms with Gasteiger partial charge in [0.05, 0.1) is 5.70 Å². The van der Waals surface area contributed by atoms with Crippen LogP contribution < -0.4 is 10.9 Å². The summed E-state index contributed by atoms with van der Waals surface area (Å²) in [5.74, 6) is 0.178. The van der Waals surface area contributed by atoms with Crippen LogP contribution in [0.25, 0.3) is 0 Å². The van der Waals surface area contributed by atoms with Gasteiger partial charge < -0.3 is 10.5 Å². The molecule has 10 heavy (non-hydrogen) atoms. The predicted octanol–water partition coefficient (Wildman–Crippen LogP) is -0.655. The molecule has 2 heterocycles. The molecule has 0 aromatic rings. The fourth-order valence-corrected chi connectivity index (χ4v) is 1.21. The van der Waals surface area contributed by atoms with E-state index in [0.717, 1.165) is 12.1 Å². The molecule has 0 bridgehead atoms. The van der Waals surface area contributed by atoms with Crippen molar-refractivity contribution in [2.45, 2.75) is 12.6 Å². The van der Waals surface area contributed by atoms with Gasteiger partial charge in [0.1, 0.15) is 6.23 Å². The Balaban J connectivity index is 2.23. The third-order valence-corrected chi connectivity index (χ3v) is 1.82. The smallest absolute Gasteiger partial charge is 0.130 e. The molecule has 0 aromatic carbocycles. The van der Waals surface area contributed by atoms with Crippen molar-refractivity contribution < 1.29 is 5.11 Å². The Morgan fingerprint density at radius 1 is 1.70 bits per heavy atom. The fraction of sp³-hybridized carbons (Fsp3) is 0.500. The van der Waals surface area contributed by atoms with Crippen LogP contribution in [0.4, 0.5) is 0 Å². The van der Waals surface area contributed by atoms with Gasteiger partial charge in [-0.25, -0.2) is 5.43 Å². The van der Waals surface area contributed by atoms with E-state index in [2.05, 4.69) is 15.8 Å². The van der Waals surface area contributed by atoms with Crippen LogP contribution in [0.5, 0.6) is 0 Å².